The Labute approximate surface area is 142 Å². The summed E-state index contributed by atoms with van der Waals surface area (Å²) >= 11 is 0. The van der Waals surface area contributed by atoms with Gasteiger partial charge in [-0.2, -0.15) is 0 Å². The van der Waals surface area contributed by atoms with E-state index in [0.29, 0.717) is 34.3 Å². The fourth-order valence-corrected chi connectivity index (χ4v) is 3.00. The summed E-state index contributed by atoms with van der Waals surface area (Å²) in [4.78, 5) is 12.8. The SMILES string of the molecule is CCCCCCCCOc1cccc2oc3ccccc3c(=O)c12. The monoisotopic (exact) mass is 324 g/mol. The van der Waals surface area contributed by atoms with Crippen LogP contribution in [-0.4, -0.2) is 6.61 Å². The summed E-state index contributed by atoms with van der Waals surface area (Å²) in [5, 5.41) is 1.14. The molecule has 0 aliphatic carbocycles. The van der Waals surface area contributed by atoms with Gasteiger partial charge in [-0.05, 0) is 30.7 Å². The number of hydrogen-bond acceptors (Lipinski definition) is 3. The van der Waals surface area contributed by atoms with E-state index in [1.165, 1.54) is 32.1 Å². The van der Waals surface area contributed by atoms with E-state index in [0.717, 1.165) is 6.42 Å². The van der Waals surface area contributed by atoms with Crippen LogP contribution in [0.15, 0.2) is 51.7 Å². The van der Waals surface area contributed by atoms with E-state index in [9.17, 15) is 4.79 Å². The van der Waals surface area contributed by atoms with E-state index >= 15 is 0 Å². The highest BCUT2D eigenvalue weighted by atomic mass is 16.5. The van der Waals surface area contributed by atoms with Crippen LogP contribution in [0.2, 0.25) is 0 Å². The van der Waals surface area contributed by atoms with Crippen LogP contribution in [0, 0.1) is 0 Å². The zero-order valence-electron chi connectivity index (χ0n) is 14.2. The lowest BCUT2D eigenvalue weighted by Gasteiger charge is -2.09. The van der Waals surface area contributed by atoms with Gasteiger partial charge in [0.25, 0.3) is 0 Å². The quantitative estimate of drug-likeness (QED) is 0.395. The molecule has 0 saturated heterocycles. The molecule has 0 atom stereocenters. The first-order valence-electron chi connectivity index (χ1n) is 8.88. The first kappa shape index (κ1) is 16.6. The van der Waals surface area contributed by atoms with E-state index < -0.39 is 0 Å². The molecule has 0 radical (unpaired) electrons. The minimum atomic E-state index is -0.0228. The molecule has 3 heteroatoms. The van der Waals surface area contributed by atoms with Crippen LogP contribution < -0.4 is 10.2 Å². The summed E-state index contributed by atoms with van der Waals surface area (Å²) in [5.74, 6) is 0.626. The van der Waals surface area contributed by atoms with Crippen LogP contribution in [-0.2, 0) is 0 Å². The lowest BCUT2D eigenvalue weighted by atomic mass is 10.1. The molecule has 0 fully saturated rings. The third kappa shape index (κ3) is 3.61. The van der Waals surface area contributed by atoms with Gasteiger partial charge in [0.2, 0.25) is 5.43 Å². The second kappa shape index (κ2) is 8.00. The van der Waals surface area contributed by atoms with Gasteiger partial charge in [0, 0.05) is 0 Å². The van der Waals surface area contributed by atoms with Gasteiger partial charge in [0.15, 0.2) is 0 Å². The average Bonchev–Trinajstić information content (AvgIpc) is 2.61. The van der Waals surface area contributed by atoms with E-state index in [1.54, 1.807) is 6.07 Å². The minimum absolute atomic E-state index is 0.0228. The molecular weight excluding hydrogens is 300 g/mol. The van der Waals surface area contributed by atoms with Crippen LogP contribution in [0.25, 0.3) is 21.9 Å². The molecule has 3 aromatic rings. The maximum atomic E-state index is 12.8. The first-order chi connectivity index (χ1) is 11.8. The molecule has 3 rings (SSSR count). The molecule has 126 valence electrons. The van der Waals surface area contributed by atoms with Crippen molar-refractivity contribution in [3.63, 3.8) is 0 Å². The van der Waals surface area contributed by atoms with Crippen molar-refractivity contribution in [2.24, 2.45) is 0 Å². The van der Waals surface area contributed by atoms with Crippen molar-refractivity contribution >= 4 is 21.9 Å². The van der Waals surface area contributed by atoms with Gasteiger partial charge in [-0.25, -0.2) is 0 Å². The first-order valence-corrected chi connectivity index (χ1v) is 8.88. The van der Waals surface area contributed by atoms with Gasteiger partial charge in [-0.3, -0.25) is 4.79 Å². The molecule has 0 aliphatic heterocycles. The van der Waals surface area contributed by atoms with Gasteiger partial charge in [0.1, 0.15) is 22.3 Å². The van der Waals surface area contributed by atoms with Gasteiger partial charge < -0.3 is 9.15 Å². The number of hydrogen-bond donors (Lipinski definition) is 0. The van der Waals surface area contributed by atoms with E-state index in [-0.39, 0.29) is 5.43 Å². The van der Waals surface area contributed by atoms with Gasteiger partial charge in [-0.1, -0.05) is 57.2 Å². The molecule has 0 bridgehead atoms. The number of benzene rings is 2. The fourth-order valence-electron chi connectivity index (χ4n) is 3.00. The maximum absolute atomic E-state index is 12.8. The molecule has 0 unspecified atom stereocenters. The van der Waals surface area contributed by atoms with E-state index in [1.807, 2.05) is 36.4 Å². The summed E-state index contributed by atoms with van der Waals surface area (Å²) < 4.78 is 11.8. The Kier molecular flexibility index (Phi) is 5.52. The summed E-state index contributed by atoms with van der Waals surface area (Å²) in [7, 11) is 0. The predicted octanol–water partition coefficient (Wildman–Crippen LogP) is 5.69. The van der Waals surface area contributed by atoms with Crippen molar-refractivity contribution in [3.8, 4) is 5.75 Å². The van der Waals surface area contributed by atoms with Gasteiger partial charge in [-0.15, -0.1) is 0 Å². The molecule has 0 spiro atoms. The Morgan fingerprint density at radius 2 is 1.62 bits per heavy atom. The summed E-state index contributed by atoms with van der Waals surface area (Å²) in [5.41, 5.74) is 1.17. The normalized spacial score (nSPS) is 11.2. The van der Waals surface area contributed by atoms with Crippen LogP contribution in [0.3, 0.4) is 0 Å². The van der Waals surface area contributed by atoms with Crippen molar-refractivity contribution in [2.75, 3.05) is 6.61 Å². The van der Waals surface area contributed by atoms with Crippen LogP contribution in [0.5, 0.6) is 5.75 Å². The molecule has 24 heavy (non-hydrogen) atoms. The Morgan fingerprint density at radius 1 is 0.875 bits per heavy atom. The Morgan fingerprint density at radius 3 is 2.50 bits per heavy atom. The highest BCUT2D eigenvalue weighted by molar-refractivity contribution is 5.93. The maximum Gasteiger partial charge on any atom is 0.204 e. The fraction of sp³-hybridized carbons (Fsp3) is 0.381. The highest BCUT2D eigenvalue weighted by Gasteiger charge is 2.11. The van der Waals surface area contributed by atoms with Gasteiger partial charge in [0.05, 0.1) is 12.0 Å². The number of unbranched alkanes of at least 4 members (excludes halogenated alkanes) is 5. The third-order valence-corrected chi connectivity index (χ3v) is 4.32. The molecule has 1 heterocycles. The zero-order valence-corrected chi connectivity index (χ0v) is 14.2. The van der Waals surface area contributed by atoms with Crippen molar-refractivity contribution in [1.82, 2.24) is 0 Å². The second-order valence-corrected chi connectivity index (χ2v) is 6.17. The number of rotatable bonds is 8. The van der Waals surface area contributed by atoms with Crippen molar-refractivity contribution in [3.05, 3.63) is 52.7 Å². The molecular formula is C21H24O3. The minimum Gasteiger partial charge on any atom is -0.493 e. The molecule has 0 N–H and O–H groups in total. The standard InChI is InChI=1S/C21H24O3/c1-2-3-4-5-6-9-15-23-18-13-10-14-19-20(18)21(22)16-11-7-8-12-17(16)24-19/h7-8,10-14H,2-6,9,15H2,1H3. The number of fused-ring (bicyclic) bond motifs is 2. The number of para-hydroxylation sites is 1. The summed E-state index contributed by atoms with van der Waals surface area (Å²) in [6.45, 7) is 2.86. The lowest BCUT2D eigenvalue weighted by Crippen LogP contribution is -2.06. The molecule has 1 aromatic heterocycles. The zero-order chi connectivity index (χ0) is 16.8. The Bertz CT molecular complexity index is 864. The van der Waals surface area contributed by atoms with Crippen molar-refractivity contribution in [1.29, 1.82) is 0 Å². The average molecular weight is 324 g/mol. The van der Waals surface area contributed by atoms with Crippen LogP contribution >= 0.6 is 0 Å². The second-order valence-electron chi connectivity index (χ2n) is 6.17. The topological polar surface area (TPSA) is 39.4 Å². The Balaban J connectivity index is 1.76. The smallest absolute Gasteiger partial charge is 0.204 e. The van der Waals surface area contributed by atoms with E-state index in [2.05, 4.69) is 6.92 Å². The largest absolute Gasteiger partial charge is 0.493 e. The predicted molar refractivity (Wildman–Crippen MR) is 98.9 cm³/mol. The van der Waals surface area contributed by atoms with Crippen molar-refractivity contribution < 1.29 is 9.15 Å². The van der Waals surface area contributed by atoms with Gasteiger partial charge >= 0.3 is 0 Å². The Hall–Kier alpha value is -2.29. The lowest BCUT2D eigenvalue weighted by molar-refractivity contribution is 0.307. The van der Waals surface area contributed by atoms with Crippen LogP contribution in [0.1, 0.15) is 45.4 Å². The molecule has 0 amide bonds. The summed E-state index contributed by atoms with van der Waals surface area (Å²) in [6.07, 6.45) is 7.29. The highest BCUT2D eigenvalue weighted by Crippen LogP contribution is 2.26. The van der Waals surface area contributed by atoms with Crippen LogP contribution in [0.4, 0.5) is 0 Å². The van der Waals surface area contributed by atoms with Crippen molar-refractivity contribution in [2.45, 2.75) is 45.4 Å². The number of ether oxygens (including phenoxy) is 1. The molecule has 0 saturated carbocycles. The summed E-state index contributed by atoms with van der Waals surface area (Å²) in [6, 6.07) is 12.9. The molecule has 0 aliphatic rings. The molecule has 2 aromatic carbocycles. The molecule has 3 nitrogen and oxygen atoms in total. The third-order valence-electron chi connectivity index (χ3n) is 4.32. The van der Waals surface area contributed by atoms with E-state index in [4.69, 9.17) is 9.15 Å².